The molecule has 2 atom stereocenters. The van der Waals surface area contributed by atoms with Gasteiger partial charge in [-0.25, -0.2) is 0 Å². The minimum absolute atomic E-state index is 0.708. The van der Waals surface area contributed by atoms with Crippen LogP contribution in [0.4, 0.5) is 0 Å². The molecule has 0 spiro atoms. The molecular weight excluding hydrogens is 224 g/mol. The van der Waals surface area contributed by atoms with Crippen LogP contribution in [0, 0.1) is 11.8 Å². The van der Waals surface area contributed by atoms with Gasteiger partial charge in [-0.15, -0.1) is 0 Å². The monoisotopic (exact) mass is 246 g/mol. The normalized spacial score (nSPS) is 27.6. The highest BCUT2D eigenvalue weighted by molar-refractivity contribution is 5.22. The van der Waals surface area contributed by atoms with Crippen LogP contribution >= 0.6 is 0 Å². The van der Waals surface area contributed by atoms with Crippen molar-refractivity contribution in [2.75, 3.05) is 33.3 Å². The summed E-state index contributed by atoms with van der Waals surface area (Å²) in [6.45, 7) is 6.76. The molecule has 1 aromatic carbocycles. The minimum atomic E-state index is 0.708. The van der Waals surface area contributed by atoms with E-state index in [1.165, 1.54) is 37.3 Å². The maximum atomic E-state index is 5.13. The fourth-order valence-corrected chi connectivity index (χ4v) is 3.25. The van der Waals surface area contributed by atoms with E-state index in [9.17, 15) is 0 Å². The number of fused-ring (bicyclic) bond motifs is 1. The fraction of sp³-hybridized carbons (Fsp3) is 0.600. The first kappa shape index (κ1) is 12.2. The predicted molar refractivity (Wildman–Crippen MR) is 72.3 cm³/mol. The van der Waals surface area contributed by atoms with Crippen molar-refractivity contribution in [3.63, 3.8) is 0 Å². The summed E-state index contributed by atoms with van der Waals surface area (Å²) in [5, 5.41) is 3.49. The molecule has 98 valence electrons. The quantitative estimate of drug-likeness (QED) is 0.871. The van der Waals surface area contributed by atoms with Crippen molar-refractivity contribution in [3.05, 3.63) is 35.4 Å². The largest absolute Gasteiger partial charge is 0.380 e. The molecule has 2 heterocycles. The first-order valence-electron chi connectivity index (χ1n) is 6.85. The van der Waals surface area contributed by atoms with Gasteiger partial charge in [0.2, 0.25) is 0 Å². The molecule has 1 aromatic rings. The number of methoxy groups -OCH3 is 1. The summed E-state index contributed by atoms with van der Waals surface area (Å²) >= 11 is 0. The molecule has 3 nitrogen and oxygen atoms in total. The summed E-state index contributed by atoms with van der Waals surface area (Å²) in [5.41, 5.74) is 2.67. The second-order valence-corrected chi connectivity index (χ2v) is 5.62. The van der Waals surface area contributed by atoms with E-state index in [1.54, 1.807) is 7.11 Å². The molecule has 0 amide bonds. The van der Waals surface area contributed by atoms with Gasteiger partial charge in [-0.1, -0.05) is 24.3 Å². The van der Waals surface area contributed by atoms with Gasteiger partial charge in [-0.3, -0.25) is 4.90 Å². The molecule has 3 heteroatoms. The van der Waals surface area contributed by atoms with Crippen molar-refractivity contribution in [2.24, 2.45) is 11.8 Å². The number of likely N-dealkylation sites (tertiary alicyclic amines) is 1. The first-order valence-corrected chi connectivity index (χ1v) is 6.85. The molecule has 0 aromatic heterocycles. The van der Waals surface area contributed by atoms with E-state index in [0.717, 1.165) is 18.4 Å². The Hall–Kier alpha value is -0.900. The van der Waals surface area contributed by atoms with Gasteiger partial charge < -0.3 is 10.1 Å². The Morgan fingerprint density at radius 3 is 2.33 bits per heavy atom. The lowest BCUT2D eigenvalue weighted by molar-refractivity contribution is 0.185. The third kappa shape index (κ3) is 2.58. The molecule has 0 radical (unpaired) electrons. The molecule has 1 N–H and O–H groups in total. The molecule has 2 fully saturated rings. The average molecular weight is 246 g/mol. The van der Waals surface area contributed by atoms with Crippen LogP contribution in [-0.2, 0) is 17.9 Å². The van der Waals surface area contributed by atoms with Crippen LogP contribution in [0.2, 0.25) is 0 Å². The Labute approximate surface area is 109 Å². The molecule has 2 aliphatic heterocycles. The van der Waals surface area contributed by atoms with Gasteiger partial charge in [0.05, 0.1) is 6.61 Å². The molecule has 0 bridgehead atoms. The third-order valence-electron chi connectivity index (χ3n) is 4.21. The first-order chi connectivity index (χ1) is 8.85. The molecule has 2 aliphatic rings. The highest BCUT2D eigenvalue weighted by Gasteiger charge is 2.35. The summed E-state index contributed by atoms with van der Waals surface area (Å²) in [5.74, 6) is 1.77. The van der Waals surface area contributed by atoms with Crippen molar-refractivity contribution in [1.82, 2.24) is 10.2 Å². The van der Waals surface area contributed by atoms with Gasteiger partial charge in [-0.2, -0.15) is 0 Å². The number of rotatable bonds is 4. The van der Waals surface area contributed by atoms with Crippen LogP contribution < -0.4 is 5.32 Å². The molecule has 3 rings (SSSR count). The van der Waals surface area contributed by atoms with E-state index in [2.05, 4.69) is 34.5 Å². The standard InChI is InChI=1S/C15H22N2O/c1-18-11-13-4-2-12(3-5-13)8-17-9-14-6-16-7-15(14)10-17/h2-5,14-16H,6-11H2,1H3. The number of hydrogen-bond donors (Lipinski definition) is 1. The van der Waals surface area contributed by atoms with E-state index in [-0.39, 0.29) is 0 Å². The third-order valence-corrected chi connectivity index (χ3v) is 4.21. The topological polar surface area (TPSA) is 24.5 Å². The van der Waals surface area contributed by atoms with Crippen LogP contribution in [0.15, 0.2) is 24.3 Å². The second-order valence-electron chi connectivity index (χ2n) is 5.62. The van der Waals surface area contributed by atoms with Gasteiger partial charge >= 0.3 is 0 Å². The van der Waals surface area contributed by atoms with Crippen LogP contribution in [0.25, 0.3) is 0 Å². The Balaban J connectivity index is 1.56. The van der Waals surface area contributed by atoms with Crippen LogP contribution in [0.5, 0.6) is 0 Å². The number of ether oxygens (including phenoxy) is 1. The fourth-order valence-electron chi connectivity index (χ4n) is 3.25. The van der Waals surface area contributed by atoms with Gasteiger partial charge in [-0.05, 0) is 36.1 Å². The molecule has 2 unspecified atom stereocenters. The van der Waals surface area contributed by atoms with E-state index < -0.39 is 0 Å². The molecule has 0 saturated carbocycles. The summed E-state index contributed by atoms with van der Waals surface area (Å²) in [6.07, 6.45) is 0. The smallest absolute Gasteiger partial charge is 0.0713 e. The summed E-state index contributed by atoms with van der Waals surface area (Å²) in [6, 6.07) is 8.83. The van der Waals surface area contributed by atoms with Crippen molar-refractivity contribution in [2.45, 2.75) is 13.2 Å². The molecule has 18 heavy (non-hydrogen) atoms. The summed E-state index contributed by atoms with van der Waals surface area (Å²) < 4.78 is 5.13. The van der Waals surface area contributed by atoms with Crippen LogP contribution in [0.1, 0.15) is 11.1 Å². The second kappa shape index (κ2) is 5.39. The van der Waals surface area contributed by atoms with Crippen molar-refractivity contribution in [1.29, 1.82) is 0 Å². The summed E-state index contributed by atoms with van der Waals surface area (Å²) in [7, 11) is 1.74. The van der Waals surface area contributed by atoms with Crippen molar-refractivity contribution < 1.29 is 4.74 Å². The van der Waals surface area contributed by atoms with E-state index >= 15 is 0 Å². The Bertz CT molecular complexity index is 378. The maximum Gasteiger partial charge on any atom is 0.0713 e. The average Bonchev–Trinajstić information content (AvgIpc) is 2.92. The van der Waals surface area contributed by atoms with E-state index in [0.29, 0.717) is 6.61 Å². The zero-order valence-corrected chi connectivity index (χ0v) is 11.1. The van der Waals surface area contributed by atoms with Crippen LogP contribution in [0.3, 0.4) is 0 Å². The maximum absolute atomic E-state index is 5.13. The van der Waals surface area contributed by atoms with Gasteiger partial charge in [0, 0.05) is 26.7 Å². The lowest BCUT2D eigenvalue weighted by Gasteiger charge is -2.17. The number of benzene rings is 1. The number of nitrogens with one attached hydrogen (secondary N) is 1. The van der Waals surface area contributed by atoms with E-state index in [1.807, 2.05) is 0 Å². The molecular formula is C15H22N2O. The summed E-state index contributed by atoms with van der Waals surface area (Å²) in [4.78, 5) is 2.60. The zero-order valence-electron chi connectivity index (χ0n) is 11.1. The molecule has 0 aliphatic carbocycles. The van der Waals surface area contributed by atoms with E-state index in [4.69, 9.17) is 4.74 Å². The number of nitrogens with zero attached hydrogens (tertiary/aromatic N) is 1. The molecule has 2 saturated heterocycles. The SMILES string of the molecule is COCc1ccc(CN2CC3CNCC3C2)cc1. The van der Waals surface area contributed by atoms with Gasteiger partial charge in [0.15, 0.2) is 0 Å². The predicted octanol–water partition coefficient (Wildman–Crippen LogP) is 1.48. The van der Waals surface area contributed by atoms with Gasteiger partial charge in [0.1, 0.15) is 0 Å². The number of hydrogen-bond acceptors (Lipinski definition) is 3. The van der Waals surface area contributed by atoms with Gasteiger partial charge in [0.25, 0.3) is 0 Å². The van der Waals surface area contributed by atoms with Crippen molar-refractivity contribution >= 4 is 0 Å². The Morgan fingerprint density at radius 1 is 1.11 bits per heavy atom. The highest BCUT2D eigenvalue weighted by atomic mass is 16.5. The minimum Gasteiger partial charge on any atom is -0.380 e. The highest BCUT2D eigenvalue weighted by Crippen LogP contribution is 2.27. The Kier molecular flexibility index (Phi) is 3.64. The lowest BCUT2D eigenvalue weighted by Crippen LogP contribution is -2.25. The zero-order chi connectivity index (χ0) is 12.4. The van der Waals surface area contributed by atoms with Crippen LogP contribution in [-0.4, -0.2) is 38.2 Å². The Morgan fingerprint density at radius 2 is 1.72 bits per heavy atom. The lowest BCUT2D eigenvalue weighted by atomic mass is 10.0. The van der Waals surface area contributed by atoms with Crippen molar-refractivity contribution in [3.8, 4) is 0 Å².